The molecule has 2 unspecified atom stereocenters. The zero-order valence-electron chi connectivity index (χ0n) is 17.5. The third-order valence-electron chi connectivity index (χ3n) is 6.86. The van der Waals surface area contributed by atoms with Gasteiger partial charge in [-0.2, -0.15) is 0 Å². The van der Waals surface area contributed by atoms with Gasteiger partial charge in [-0.15, -0.1) is 0 Å². The summed E-state index contributed by atoms with van der Waals surface area (Å²) in [6.07, 6.45) is 11.1. The lowest BCUT2D eigenvalue weighted by molar-refractivity contribution is 0.0696. The number of halogens is 2. The minimum atomic E-state index is -0.962. The van der Waals surface area contributed by atoms with E-state index in [-0.39, 0.29) is 5.56 Å². The number of hydrogen-bond donors (Lipinski definition) is 1. The number of hydrogen-bond acceptors (Lipinski definition) is 6. The second-order valence-corrected chi connectivity index (χ2v) is 9.76. The summed E-state index contributed by atoms with van der Waals surface area (Å²) >= 11 is 12.8. The quantitative estimate of drug-likeness (QED) is 0.501. The highest BCUT2D eigenvalue weighted by atomic mass is 35.5. The molecule has 3 aliphatic rings. The number of aromatic carboxylic acids is 1. The third kappa shape index (κ3) is 3.69. The van der Waals surface area contributed by atoms with Crippen LogP contribution in [0.4, 0.5) is 5.82 Å². The van der Waals surface area contributed by atoms with Crippen LogP contribution in [-0.2, 0) is 0 Å². The molecule has 6 rings (SSSR count). The van der Waals surface area contributed by atoms with Crippen molar-refractivity contribution >= 4 is 41.1 Å². The predicted molar refractivity (Wildman–Crippen MR) is 125 cm³/mol. The van der Waals surface area contributed by atoms with Gasteiger partial charge in [0.25, 0.3) is 0 Å². The van der Waals surface area contributed by atoms with Crippen molar-refractivity contribution in [3.05, 3.63) is 63.7 Å². The van der Waals surface area contributed by atoms with E-state index in [1.54, 1.807) is 24.5 Å². The van der Waals surface area contributed by atoms with Gasteiger partial charge in [-0.1, -0.05) is 40.5 Å². The Kier molecular flexibility index (Phi) is 4.92. The van der Waals surface area contributed by atoms with Gasteiger partial charge in [0.1, 0.15) is 17.3 Å². The maximum absolute atomic E-state index is 11.0. The number of carboxylic acids is 1. The van der Waals surface area contributed by atoms with Crippen molar-refractivity contribution in [2.24, 2.45) is 17.8 Å². The summed E-state index contributed by atoms with van der Waals surface area (Å²) in [7, 11) is 0. The van der Waals surface area contributed by atoms with Crippen molar-refractivity contribution in [3.8, 4) is 11.3 Å². The Hall–Kier alpha value is -2.90. The Morgan fingerprint density at radius 2 is 1.85 bits per heavy atom. The monoisotopic (exact) mass is 482 g/mol. The van der Waals surface area contributed by atoms with Crippen LogP contribution in [0.15, 0.2) is 41.3 Å². The van der Waals surface area contributed by atoms with Gasteiger partial charge in [0, 0.05) is 48.7 Å². The van der Waals surface area contributed by atoms with Gasteiger partial charge < -0.3 is 14.5 Å². The van der Waals surface area contributed by atoms with Gasteiger partial charge in [0.2, 0.25) is 0 Å². The molecule has 0 radical (unpaired) electrons. The summed E-state index contributed by atoms with van der Waals surface area (Å²) < 4.78 is 5.73. The van der Waals surface area contributed by atoms with E-state index in [0.717, 1.165) is 43.1 Å². The number of carboxylic acid groups (broad SMARTS) is 1. The molecular formula is C24H20Cl2N4O3. The highest BCUT2D eigenvalue weighted by Gasteiger charge is 2.54. The van der Waals surface area contributed by atoms with Crippen LogP contribution in [0, 0.1) is 17.8 Å². The van der Waals surface area contributed by atoms with Crippen LogP contribution in [0.25, 0.3) is 17.3 Å². The number of allylic oxidation sites excluding steroid dienone is 1. The normalized spacial score (nSPS) is 23.8. The van der Waals surface area contributed by atoms with E-state index in [0.29, 0.717) is 45.0 Å². The Labute approximate surface area is 200 Å². The molecule has 1 saturated heterocycles. The van der Waals surface area contributed by atoms with Gasteiger partial charge >= 0.3 is 5.97 Å². The molecule has 3 fully saturated rings. The SMILES string of the molecule is O=C(O)c1ccc(N2CC3C(C=Cc4c(-c5c(Cl)cncc5Cl)noc4C4CC4)C3C2)nc1. The Bertz CT molecular complexity index is 1240. The molecule has 9 heteroatoms. The van der Waals surface area contributed by atoms with Gasteiger partial charge in [0.05, 0.1) is 15.6 Å². The smallest absolute Gasteiger partial charge is 0.337 e. The molecule has 0 aromatic carbocycles. The molecule has 0 amide bonds. The number of rotatable bonds is 6. The zero-order valence-corrected chi connectivity index (χ0v) is 19.0. The van der Waals surface area contributed by atoms with Crippen LogP contribution >= 0.6 is 23.2 Å². The van der Waals surface area contributed by atoms with E-state index >= 15 is 0 Å². The average Bonchev–Trinajstić information content (AvgIpc) is 3.67. The summed E-state index contributed by atoms with van der Waals surface area (Å²) in [5.41, 5.74) is 2.48. The Balaban J connectivity index is 1.20. The molecule has 2 atom stereocenters. The molecule has 1 N–H and O–H groups in total. The number of aromatic nitrogens is 3. The summed E-state index contributed by atoms with van der Waals surface area (Å²) in [5, 5.41) is 14.3. The fourth-order valence-electron chi connectivity index (χ4n) is 4.88. The van der Waals surface area contributed by atoms with Crippen molar-refractivity contribution in [2.45, 2.75) is 18.8 Å². The maximum Gasteiger partial charge on any atom is 0.337 e. The molecule has 3 aromatic rings. The van der Waals surface area contributed by atoms with Crippen LogP contribution in [-0.4, -0.2) is 39.3 Å². The van der Waals surface area contributed by atoms with Crippen LogP contribution in [0.3, 0.4) is 0 Å². The number of nitrogens with zero attached hydrogens (tertiary/aromatic N) is 4. The number of pyridine rings is 2. The number of fused-ring (bicyclic) bond motifs is 1. The first-order chi connectivity index (χ1) is 16.0. The number of carbonyl (C=O) groups is 1. The van der Waals surface area contributed by atoms with Crippen LogP contribution in [0.2, 0.25) is 10.0 Å². The Morgan fingerprint density at radius 3 is 2.45 bits per heavy atom. The minimum Gasteiger partial charge on any atom is -0.478 e. The molecule has 0 spiro atoms. The second kappa shape index (κ2) is 7.85. The van der Waals surface area contributed by atoms with E-state index in [2.05, 4.69) is 32.2 Å². The topological polar surface area (TPSA) is 92.3 Å². The molecule has 7 nitrogen and oxygen atoms in total. The highest BCUT2D eigenvalue weighted by molar-refractivity contribution is 6.39. The van der Waals surface area contributed by atoms with E-state index in [9.17, 15) is 4.79 Å². The summed E-state index contributed by atoms with van der Waals surface area (Å²) in [6.45, 7) is 1.82. The van der Waals surface area contributed by atoms with Crippen molar-refractivity contribution in [1.82, 2.24) is 15.1 Å². The van der Waals surface area contributed by atoms with Crippen LogP contribution < -0.4 is 4.90 Å². The first kappa shape index (κ1) is 20.7. The first-order valence-electron chi connectivity index (χ1n) is 10.9. The van der Waals surface area contributed by atoms with E-state index in [1.165, 1.54) is 6.20 Å². The predicted octanol–water partition coefficient (Wildman–Crippen LogP) is 5.41. The molecule has 3 aromatic heterocycles. The maximum atomic E-state index is 11.0. The lowest BCUT2D eigenvalue weighted by Gasteiger charge is -2.20. The average molecular weight is 483 g/mol. The molecule has 1 aliphatic heterocycles. The standard InChI is InChI=1S/C24H20Cl2N4O3/c25-18-8-27-9-19(26)21(18)22-15(23(33-29-22)12-1-2-12)5-4-14-16-10-30(11-17(14)16)20-6-3-13(7-28-20)24(31)32/h3-9,12,14,16-17H,1-2,10-11H2,(H,31,32). The fraction of sp³-hybridized carbons (Fsp3) is 0.333. The van der Waals surface area contributed by atoms with Crippen molar-refractivity contribution in [1.29, 1.82) is 0 Å². The molecule has 33 heavy (non-hydrogen) atoms. The molecule has 168 valence electrons. The van der Waals surface area contributed by atoms with Crippen molar-refractivity contribution in [2.75, 3.05) is 18.0 Å². The summed E-state index contributed by atoms with van der Waals surface area (Å²) in [5.74, 6) is 2.77. The number of anilines is 1. The van der Waals surface area contributed by atoms with E-state index in [1.807, 2.05) is 0 Å². The van der Waals surface area contributed by atoms with Gasteiger partial charge in [-0.3, -0.25) is 4.98 Å². The summed E-state index contributed by atoms with van der Waals surface area (Å²) in [6, 6.07) is 3.39. The van der Waals surface area contributed by atoms with Crippen LogP contribution in [0.1, 0.15) is 40.4 Å². The van der Waals surface area contributed by atoms with Gasteiger partial charge in [-0.25, -0.2) is 9.78 Å². The van der Waals surface area contributed by atoms with Gasteiger partial charge in [0.15, 0.2) is 0 Å². The number of piperidine rings is 1. The van der Waals surface area contributed by atoms with Gasteiger partial charge in [-0.05, 0) is 42.7 Å². The zero-order chi connectivity index (χ0) is 22.7. The largest absolute Gasteiger partial charge is 0.478 e. The molecule has 0 bridgehead atoms. The fourth-order valence-corrected chi connectivity index (χ4v) is 5.42. The third-order valence-corrected chi connectivity index (χ3v) is 7.43. The van der Waals surface area contributed by atoms with Crippen molar-refractivity contribution in [3.63, 3.8) is 0 Å². The first-order valence-corrected chi connectivity index (χ1v) is 11.7. The summed E-state index contributed by atoms with van der Waals surface area (Å²) in [4.78, 5) is 21.6. The molecular weight excluding hydrogens is 463 g/mol. The van der Waals surface area contributed by atoms with E-state index < -0.39 is 5.97 Å². The molecule has 4 heterocycles. The second-order valence-electron chi connectivity index (χ2n) is 8.94. The van der Waals surface area contributed by atoms with E-state index in [4.69, 9.17) is 32.8 Å². The van der Waals surface area contributed by atoms with Crippen LogP contribution in [0.5, 0.6) is 0 Å². The lowest BCUT2D eigenvalue weighted by atomic mass is 10.0. The Morgan fingerprint density at radius 1 is 1.12 bits per heavy atom. The minimum absolute atomic E-state index is 0.203. The lowest BCUT2D eigenvalue weighted by Crippen LogP contribution is -2.24. The van der Waals surface area contributed by atoms with Crippen molar-refractivity contribution < 1.29 is 14.4 Å². The highest BCUT2D eigenvalue weighted by Crippen LogP contribution is 2.54. The molecule has 2 saturated carbocycles. The molecule has 2 aliphatic carbocycles.